The van der Waals surface area contributed by atoms with Gasteiger partial charge in [-0.3, -0.25) is 0 Å². The highest BCUT2D eigenvalue weighted by atomic mass is 32.1. The molecular formula is C16H19N3S. The molecule has 2 aromatic heterocycles. The quantitative estimate of drug-likeness (QED) is 0.779. The summed E-state index contributed by atoms with van der Waals surface area (Å²) >= 11 is 1.79. The molecule has 0 unspecified atom stereocenters. The molecule has 0 aliphatic carbocycles. The van der Waals surface area contributed by atoms with Crippen molar-refractivity contribution in [2.75, 3.05) is 0 Å². The molecule has 0 spiro atoms. The third-order valence-corrected chi connectivity index (χ3v) is 4.54. The van der Waals surface area contributed by atoms with Crippen LogP contribution in [0.4, 0.5) is 0 Å². The zero-order chi connectivity index (χ0) is 13.9. The Morgan fingerprint density at radius 1 is 1.15 bits per heavy atom. The van der Waals surface area contributed by atoms with Crippen LogP contribution in [0.3, 0.4) is 0 Å². The Hall–Kier alpha value is -1.65. The van der Waals surface area contributed by atoms with Crippen LogP contribution in [-0.2, 0) is 19.5 Å². The van der Waals surface area contributed by atoms with Crippen molar-refractivity contribution in [2.24, 2.45) is 5.73 Å². The van der Waals surface area contributed by atoms with Gasteiger partial charge in [-0.2, -0.15) is 0 Å². The second kappa shape index (κ2) is 5.77. The Morgan fingerprint density at radius 2 is 1.95 bits per heavy atom. The first kappa shape index (κ1) is 13.3. The second-order valence-electron chi connectivity index (χ2n) is 4.92. The van der Waals surface area contributed by atoms with Crippen molar-refractivity contribution in [3.63, 3.8) is 0 Å². The van der Waals surface area contributed by atoms with E-state index in [-0.39, 0.29) is 0 Å². The molecule has 0 aliphatic heterocycles. The fraction of sp³-hybridized carbons (Fsp3) is 0.312. The highest BCUT2D eigenvalue weighted by Gasteiger charge is 2.11. The number of nitrogens with two attached hydrogens (primary N) is 1. The first-order chi connectivity index (χ1) is 9.81. The molecule has 0 atom stereocenters. The van der Waals surface area contributed by atoms with Crippen LogP contribution in [0, 0.1) is 0 Å². The Labute approximate surface area is 123 Å². The maximum atomic E-state index is 5.69. The minimum Gasteiger partial charge on any atom is -0.328 e. The van der Waals surface area contributed by atoms with E-state index in [2.05, 4.69) is 41.8 Å². The molecule has 4 heteroatoms. The predicted octanol–water partition coefficient (Wildman–Crippen LogP) is 3.56. The molecule has 0 saturated carbocycles. The van der Waals surface area contributed by atoms with Crippen LogP contribution in [-0.4, -0.2) is 9.55 Å². The molecule has 0 aliphatic rings. The van der Waals surface area contributed by atoms with Gasteiger partial charge >= 0.3 is 0 Å². The molecule has 2 N–H and O–H groups in total. The van der Waals surface area contributed by atoms with Crippen LogP contribution in [0.25, 0.3) is 11.0 Å². The number of imidazole rings is 1. The van der Waals surface area contributed by atoms with E-state index in [1.54, 1.807) is 11.3 Å². The number of benzene rings is 1. The van der Waals surface area contributed by atoms with Gasteiger partial charge in [-0.15, -0.1) is 11.3 Å². The number of nitrogens with zero attached hydrogens (tertiary/aromatic N) is 2. The van der Waals surface area contributed by atoms with E-state index in [1.807, 2.05) is 6.07 Å². The van der Waals surface area contributed by atoms with E-state index in [9.17, 15) is 0 Å². The summed E-state index contributed by atoms with van der Waals surface area (Å²) in [6.45, 7) is 3.84. The van der Waals surface area contributed by atoms with Crippen molar-refractivity contribution in [1.29, 1.82) is 0 Å². The highest BCUT2D eigenvalue weighted by Crippen LogP contribution is 2.22. The summed E-state index contributed by atoms with van der Waals surface area (Å²) in [4.78, 5) is 7.37. The van der Waals surface area contributed by atoms with E-state index in [0.29, 0.717) is 6.54 Å². The number of rotatable bonds is 5. The monoisotopic (exact) mass is 285 g/mol. The predicted molar refractivity (Wildman–Crippen MR) is 85.0 cm³/mol. The topological polar surface area (TPSA) is 43.8 Å². The molecule has 0 fully saturated rings. The molecule has 2 heterocycles. The smallest absolute Gasteiger partial charge is 0.115 e. The summed E-state index contributed by atoms with van der Waals surface area (Å²) < 4.78 is 2.34. The van der Waals surface area contributed by atoms with E-state index in [4.69, 9.17) is 10.7 Å². The number of hydrogen-bond donors (Lipinski definition) is 1. The second-order valence-corrected chi connectivity index (χ2v) is 6.17. The molecule has 0 bridgehead atoms. The maximum Gasteiger partial charge on any atom is 0.115 e. The van der Waals surface area contributed by atoms with Crippen LogP contribution < -0.4 is 5.73 Å². The van der Waals surface area contributed by atoms with Gasteiger partial charge in [0, 0.05) is 29.3 Å². The van der Waals surface area contributed by atoms with E-state index < -0.39 is 0 Å². The minimum absolute atomic E-state index is 0.621. The summed E-state index contributed by atoms with van der Waals surface area (Å²) in [7, 11) is 0. The van der Waals surface area contributed by atoms with Crippen LogP contribution in [0.15, 0.2) is 36.4 Å². The largest absolute Gasteiger partial charge is 0.328 e. The maximum absolute atomic E-state index is 5.69. The lowest BCUT2D eigenvalue weighted by Gasteiger charge is -2.06. The lowest BCUT2D eigenvalue weighted by atomic mass is 10.3. The summed E-state index contributed by atoms with van der Waals surface area (Å²) in [5.41, 5.74) is 8.01. The van der Waals surface area contributed by atoms with Gasteiger partial charge in [-0.25, -0.2) is 4.98 Å². The average Bonchev–Trinajstić information content (AvgIpc) is 3.05. The number of para-hydroxylation sites is 2. The highest BCUT2D eigenvalue weighted by molar-refractivity contribution is 7.12. The van der Waals surface area contributed by atoms with Gasteiger partial charge in [0.25, 0.3) is 0 Å². The van der Waals surface area contributed by atoms with Gasteiger partial charge in [-0.05, 0) is 30.7 Å². The third-order valence-electron chi connectivity index (χ3n) is 3.43. The molecule has 3 nitrogen and oxygen atoms in total. The summed E-state index contributed by atoms with van der Waals surface area (Å²) in [6, 6.07) is 12.7. The molecule has 1 aromatic carbocycles. The molecule has 3 rings (SSSR count). The molecule has 0 radical (unpaired) electrons. The van der Waals surface area contributed by atoms with Gasteiger partial charge in [0.2, 0.25) is 0 Å². The molecular weight excluding hydrogens is 266 g/mol. The summed E-state index contributed by atoms with van der Waals surface area (Å²) in [6.07, 6.45) is 2.01. The van der Waals surface area contributed by atoms with Gasteiger partial charge in [0.1, 0.15) is 5.82 Å². The molecule has 0 saturated heterocycles. The van der Waals surface area contributed by atoms with Crippen molar-refractivity contribution in [3.05, 3.63) is 52.0 Å². The Kier molecular flexibility index (Phi) is 3.85. The minimum atomic E-state index is 0.621. The summed E-state index contributed by atoms with van der Waals surface area (Å²) in [5, 5.41) is 0. The van der Waals surface area contributed by atoms with Crippen molar-refractivity contribution in [3.8, 4) is 0 Å². The van der Waals surface area contributed by atoms with E-state index >= 15 is 0 Å². The molecule has 3 aromatic rings. The Morgan fingerprint density at radius 3 is 2.70 bits per heavy atom. The van der Waals surface area contributed by atoms with Crippen LogP contribution >= 0.6 is 11.3 Å². The van der Waals surface area contributed by atoms with Gasteiger partial charge in [0.15, 0.2) is 0 Å². The molecule has 0 amide bonds. The Balaban J connectivity index is 1.99. The lowest BCUT2D eigenvalue weighted by Crippen LogP contribution is -2.03. The van der Waals surface area contributed by atoms with Gasteiger partial charge in [-0.1, -0.05) is 19.1 Å². The zero-order valence-corrected chi connectivity index (χ0v) is 12.5. The van der Waals surface area contributed by atoms with Crippen molar-refractivity contribution < 1.29 is 0 Å². The number of thiophene rings is 1. The third kappa shape index (κ3) is 2.49. The zero-order valence-electron chi connectivity index (χ0n) is 11.7. The fourth-order valence-corrected chi connectivity index (χ4v) is 3.41. The van der Waals surface area contributed by atoms with E-state index in [0.717, 1.165) is 30.7 Å². The van der Waals surface area contributed by atoms with Crippen molar-refractivity contribution in [1.82, 2.24) is 9.55 Å². The van der Waals surface area contributed by atoms with Crippen LogP contribution in [0.1, 0.15) is 28.9 Å². The molecule has 20 heavy (non-hydrogen) atoms. The standard InChI is InChI=1S/C16H19N3S/c1-2-9-19-15-6-4-3-5-14(15)18-16(19)10-12-7-8-13(11-17)20-12/h3-8H,2,9-11,17H2,1H3. The number of fused-ring (bicyclic) bond motifs is 1. The fourth-order valence-electron chi connectivity index (χ4n) is 2.52. The van der Waals surface area contributed by atoms with Crippen LogP contribution in [0.5, 0.6) is 0 Å². The van der Waals surface area contributed by atoms with Crippen molar-refractivity contribution in [2.45, 2.75) is 32.9 Å². The molecule has 104 valence electrons. The van der Waals surface area contributed by atoms with Gasteiger partial charge in [0.05, 0.1) is 11.0 Å². The number of aromatic nitrogens is 2. The van der Waals surface area contributed by atoms with Crippen LogP contribution in [0.2, 0.25) is 0 Å². The van der Waals surface area contributed by atoms with Crippen molar-refractivity contribution >= 4 is 22.4 Å². The van der Waals surface area contributed by atoms with Gasteiger partial charge < -0.3 is 10.3 Å². The first-order valence-corrected chi connectivity index (χ1v) is 7.85. The normalized spacial score (nSPS) is 11.3. The summed E-state index contributed by atoms with van der Waals surface area (Å²) in [5.74, 6) is 1.15. The lowest BCUT2D eigenvalue weighted by molar-refractivity contribution is 0.665. The number of aryl methyl sites for hydroxylation is 1. The van der Waals surface area contributed by atoms with E-state index in [1.165, 1.54) is 15.3 Å². The first-order valence-electron chi connectivity index (χ1n) is 7.03. The SMILES string of the molecule is CCCn1c(Cc2ccc(CN)s2)nc2ccccc21. The Bertz CT molecular complexity index is 711. The number of hydrogen-bond acceptors (Lipinski definition) is 3. The average molecular weight is 285 g/mol.